The van der Waals surface area contributed by atoms with E-state index in [2.05, 4.69) is 54.3 Å². The molecule has 2 rings (SSSR count). The van der Waals surface area contributed by atoms with Gasteiger partial charge in [-0.3, -0.25) is 0 Å². The Bertz CT molecular complexity index is 521. The third-order valence-corrected chi connectivity index (χ3v) is 2.83. The van der Waals surface area contributed by atoms with E-state index in [1.807, 2.05) is 6.07 Å². The maximum absolute atomic E-state index is 4.31. The van der Waals surface area contributed by atoms with Gasteiger partial charge in [0.15, 0.2) is 0 Å². The largest absolute Gasteiger partial charge is 0.370 e. The predicted molar refractivity (Wildman–Crippen MR) is 71.1 cm³/mol. The van der Waals surface area contributed by atoms with Gasteiger partial charge in [0.2, 0.25) is 0 Å². The minimum Gasteiger partial charge on any atom is -0.370 e. The van der Waals surface area contributed by atoms with Crippen LogP contribution in [0.15, 0.2) is 30.6 Å². The molecular formula is C14H17N3. The molecule has 2 aromatic rings. The Morgan fingerprint density at radius 1 is 1.06 bits per heavy atom. The first-order valence-electron chi connectivity index (χ1n) is 5.84. The summed E-state index contributed by atoms with van der Waals surface area (Å²) in [5, 5.41) is 3.19. The summed E-state index contributed by atoms with van der Waals surface area (Å²) in [5.41, 5.74) is 4.68. The molecule has 3 heteroatoms. The topological polar surface area (TPSA) is 37.8 Å². The van der Waals surface area contributed by atoms with Crippen LogP contribution in [-0.2, 0) is 0 Å². The van der Waals surface area contributed by atoms with Crippen molar-refractivity contribution >= 4 is 5.82 Å². The van der Waals surface area contributed by atoms with Crippen LogP contribution >= 0.6 is 0 Å². The minimum atomic E-state index is 0.864. The monoisotopic (exact) mass is 227 g/mol. The number of nitrogens with zero attached hydrogens (tertiary/aromatic N) is 2. The van der Waals surface area contributed by atoms with Crippen LogP contribution in [0.5, 0.6) is 0 Å². The van der Waals surface area contributed by atoms with Crippen LogP contribution in [0.1, 0.15) is 18.1 Å². The average molecular weight is 227 g/mol. The maximum Gasteiger partial charge on any atom is 0.129 e. The van der Waals surface area contributed by atoms with E-state index in [0.717, 1.165) is 23.6 Å². The van der Waals surface area contributed by atoms with E-state index < -0.39 is 0 Å². The van der Waals surface area contributed by atoms with Crippen molar-refractivity contribution < 1.29 is 0 Å². The lowest BCUT2D eigenvalue weighted by Gasteiger charge is -2.06. The molecule has 0 spiro atoms. The average Bonchev–Trinajstić information content (AvgIpc) is 2.33. The van der Waals surface area contributed by atoms with E-state index in [0.29, 0.717) is 0 Å². The third-order valence-electron chi connectivity index (χ3n) is 2.83. The van der Waals surface area contributed by atoms with Gasteiger partial charge in [-0.25, -0.2) is 9.97 Å². The van der Waals surface area contributed by atoms with E-state index in [-0.39, 0.29) is 0 Å². The van der Waals surface area contributed by atoms with Gasteiger partial charge in [-0.05, 0) is 38.0 Å². The molecule has 0 amide bonds. The molecule has 1 aromatic heterocycles. The molecular weight excluding hydrogens is 210 g/mol. The summed E-state index contributed by atoms with van der Waals surface area (Å²) in [4.78, 5) is 8.48. The summed E-state index contributed by atoms with van der Waals surface area (Å²) >= 11 is 0. The number of rotatable bonds is 3. The fourth-order valence-corrected chi connectivity index (χ4v) is 1.69. The molecule has 0 aliphatic heterocycles. The molecule has 0 saturated carbocycles. The van der Waals surface area contributed by atoms with Crippen LogP contribution in [0.4, 0.5) is 5.82 Å². The Balaban J connectivity index is 2.38. The molecule has 1 heterocycles. The normalized spacial score (nSPS) is 10.3. The Morgan fingerprint density at radius 2 is 1.88 bits per heavy atom. The summed E-state index contributed by atoms with van der Waals surface area (Å²) in [6.45, 7) is 7.15. The quantitative estimate of drug-likeness (QED) is 0.875. The fraction of sp³-hybridized carbons (Fsp3) is 0.286. The second-order valence-electron chi connectivity index (χ2n) is 4.12. The van der Waals surface area contributed by atoms with Crippen LogP contribution in [0, 0.1) is 13.8 Å². The van der Waals surface area contributed by atoms with Gasteiger partial charge >= 0.3 is 0 Å². The molecule has 0 fully saturated rings. The van der Waals surface area contributed by atoms with Gasteiger partial charge in [0.25, 0.3) is 0 Å². The second kappa shape index (κ2) is 4.95. The van der Waals surface area contributed by atoms with Crippen LogP contribution < -0.4 is 5.32 Å². The Hall–Kier alpha value is -1.90. The second-order valence-corrected chi connectivity index (χ2v) is 4.12. The lowest BCUT2D eigenvalue weighted by Crippen LogP contribution is -2.00. The predicted octanol–water partition coefficient (Wildman–Crippen LogP) is 3.19. The molecule has 1 aromatic carbocycles. The number of nitrogens with one attached hydrogen (secondary N) is 1. The zero-order chi connectivity index (χ0) is 12.3. The zero-order valence-corrected chi connectivity index (χ0v) is 10.5. The van der Waals surface area contributed by atoms with E-state index in [1.165, 1.54) is 11.1 Å². The third kappa shape index (κ3) is 2.61. The van der Waals surface area contributed by atoms with Gasteiger partial charge in [-0.2, -0.15) is 0 Å². The molecule has 0 bridgehead atoms. The number of benzene rings is 1. The van der Waals surface area contributed by atoms with Crippen molar-refractivity contribution in [1.29, 1.82) is 0 Å². The standard InChI is InChI=1S/C14H17N3/c1-4-15-14-8-13(16-9-17-14)12-6-5-10(2)11(3)7-12/h5-9H,4H2,1-3H3,(H,15,16,17). The summed E-state index contributed by atoms with van der Waals surface area (Å²) < 4.78 is 0. The van der Waals surface area contributed by atoms with E-state index in [1.54, 1.807) is 6.33 Å². The smallest absolute Gasteiger partial charge is 0.129 e. The number of aromatic nitrogens is 2. The molecule has 1 N–H and O–H groups in total. The number of anilines is 1. The first-order valence-corrected chi connectivity index (χ1v) is 5.84. The first-order chi connectivity index (χ1) is 8.20. The molecule has 0 radical (unpaired) electrons. The number of hydrogen-bond donors (Lipinski definition) is 1. The highest BCUT2D eigenvalue weighted by atomic mass is 15.0. The molecule has 17 heavy (non-hydrogen) atoms. The summed E-state index contributed by atoms with van der Waals surface area (Å²) in [7, 11) is 0. The molecule has 0 aliphatic rings. The first kappa shape index (κ1) is 11.6. The number of aryl methyl sites for hydroxylation is 2. The highest BCUT2D eigenvalue weighted by molar-refractivity contribution is 5.63. The van der Waals surface area contributed by atoms with E-state index >= 15 is 0 Å². The van der Waals surface area contributed by atoms with Crippen LogP contribution in [0.2, 0.25) is 0 Å². The molecule has 88 valence electrons. The lowest BCUT2D eigenvalue weighted by molar-refractivity contribution is 1.11. The Kier molecular flexibility index (Phi) is 3.38. The van der Waals surface area contributed by atoms with Crippen molar-refractivity contribution in [3.63, 3.8) is 0 Å². The molecule has 0 atom stereocenters. The summed E-state index contributed by atoms with van der Waals surface area (Å²) in [6, 6.07) is 8.36. The van der Waals surface area contributed by atoms with Crippen molar-refractivity contribution in [3.05, 3.63) is 41.7 Å². The van der Waals surface area contributed by atoms with E-state index in [9.17, 15) is 0 Å². The van der Waals surface area contributed by atoms with Gasteiger partial charge in [-0.15, -0.1) is 0 Å². The minimum absolute atomic E-state index is 0.864. The molecule has 3 nitrogen and oxygen atoms in total. The fourth-order valence-electron chi connectivity index (χ4n) is 1.69. The van der Waals surface area contributed by atoms with Crippen LogP contribution in [0.3, 0.4) is 0 Å². The Morgan fingerprint density at radius 3 is 2.59 bits per heavy atom. The van der Waals surface area contributed by atoms with Crippen molar-refractivity contribution in [2.45, 2.75) is 20.8 Å². The van der Waals surface area contributed by atoms with E-state index in [4.69, 9.17) is 0 Å². The van der Waals surface area contributed by atoms with Crippen molar-refractivity contribution in [3.8, 4) is 11.3 Å². The van der Waals surface area contributed by atoms with Crippen molar-refractivity contribution in [2.24, 2.45) is 0 Å². The number of hydrogen-bond acceptors (Lipinski definition) is 3. The molecule has 0 saturated heterocycles. The van der Waals surface area contributed by atoms with Crippen LogP contribution in [-0.4, -0.2) is 16.5 Å². The van der Waals surface area contributed by atoms with Gasteiger partial charge in [0, 0.05) is 18.2 Å². The Labute approximate surface area is 102 Å². The van der Waals surface area contributed by atoms with Crippen molar-refractivity contribution in [2.75, 3.05) is 11.9 Å². The van der Waals surface area contributed by atoms with Gasteiger partial charge < -0.3 is 5.32 Å². The molecule has 0 aliphatic carbocycles. The van der Waals surface area contributed by atoms with Crippen molar-refractivity contribution in [1.82, 2.24) is 9.97 Å². The van der Waals surface area contributed by atoms with Gasteiger partial charge in [0.05, 0.1) is 5.69 Å². The lowest BCUT2D eigenvalue weighted by atomic mass is 10.0. The van der Waals surface area contributed by atoms with Gasteiger partial charge in [0.1, 0.15) is 12.1 Å². The zero-order valence-electron chi connectivity index (χ0n) is 10.5. The van der Waals surface area contributed by atoms with Crippen LogP contribution in [0.25, 0.3) is 11.3 Å². The SMILES string of the molecule is CCNc1cc(-c2ccc(C)c(C)c2)ncn1. The highest BCUT2D eigenvalue weighted by Crippen LogP contribution is 2.21. The molecule has 0 unspecified atom stereocenters. The van der Waals surface area contributed by atoms with Gasteiger partial charge in [-0.1, -0.05) is 12.1 Å². The summed E-state index contributed by atoms with van der Waals surface area (Å²) in [5.74, 6) is 0.871. The highest BCUT2D eigenvalue weighted by Gasteiger charge is 2.02. The summed E-state index contributed by atoms with van der Waals surface area (Å²) in [6.07, 6.45) is 1.60. The maximum atomic E-state index is 4.31.